The van der Waals surface area contributed by atoms with E-state index in [1.54, 1.807) is 0 Å². The smallest absolute Gasteiger partial charge is 0.0540 e. The Morgan fingerprint density at radius 3 is 1.67 bits per heavy atom. The average Bonchev–Trinajstić information content (AvgIpc) is 2.49. The van der Waals surface area contributed by atoms with Gasteiger partial charge in [-0.25, -0.2) is 0 Å². The van der Waals surface area contributed by atoms with E-state index in [1.807, 2.05) is 0 Å². The lowest BCUT2D eigenvalue weighted by atomic mass is 10.0. The molecular weight excluding hydrogens is 260 g/mol. The Balaban J connectivity index is 3.07. The highest BCUT2D eigenvalue weighted by Crippen LogP contribution is 2.13. The number of ether oxygens (including phenoxy) is 1. The van der Waals surface area contributed by atoms with Gasteiger partial charge >= 0.3 is 0 Å². The maximum Gasteiger partial charge on any atom is 0.0540 e. The summed E-state index contributed by atoms with van der Waals surface area (Å²) in [6.07, 6.45) is 17.5. The van der Waals surface area contributed by atoms with Gasteiger partial charge in [-0.1, -0.05) is 77.6 Å². The minimum atomic E-state index is -0.0413. The SMILES string of the molecule is CCCCCCC(O)CCCCCCCCCCOCC. The molecule has 0 aliphatic carbocycles. The summed E-state index contributed by atoms with van der Waals surface area (Å²) in [7, 11) is 0. The van der Waals surface area contributed by atoms with Crippen molar-refractivity contribution in [3.05, 3.63) is 0 Å². The maximum absolute atomic E-state index is 9.88. The number of hydrogen-bond donors (Lipinski definition) is 1. The molecule has 2 heteroatoms. The van der Waals surface area contributed by atoms with Crippen LogP contribution in [0.25, 0.3) is 0 Å². The molecule has 0 heterocycles. The Morgan fingerprint density at radius 2 is 1.14 bits per heavy atom. The Bertz CT molecular complexity index is 182. The zero-order valence-electron chi connectivity index (χ0n) is 14.7. The summed E-state index contributed by atoms with van der Waals surface area (Å²) in [4.78, 5) is 0. The third-order valence-electron chi connectivity index (χ3n) is 4.17. The van der Waals surface area contributed by atoms with Crippen LogP contribution in [0.3, 0.4) is 0 Å². The lowest BCUT2D eigenvalue weighted by Crippen LogP contribution is -2.05. The molecule has 0 aromatic rings. The molecule has 21 heavy (non-hydrogen) atoms. The molecule has 0 aliphatic heterocycles. The zero-order chi connectivity index (χ0) is 15.6. The van der Waals surface area contributed by atoms with Crippen LogP contribution >= 0.6 is 0 Å². The molecule has 1 atom stereocenters. The summed E-state index contributed by atoms with van der Waals surface area (Å²) in [6, 6.07) is 0. The Hall–Kier alpha value is -0.0800. The van der Waals surface area contributed by atoms with Crippen molar-refractivity contribution in [1.82, 2.24) is 0 Å². The maximum atomic E-state index is 9.88. The van der Waals surface area contributed by atoms with Gasteiger partial charge in [-0.3, -0.25) is 0 Å². The fraction of sp³-hybridized carbons (Fsp3) is 1.00. The number of aliphatic hydroxyl groups is 1. The summed E-state index contributed by atoms with van der Waals surface area (Å²) in [5.41, 5.74) is 0. The summed E-state index contributed by atoms with van der Waals surface area (Å²) >= 11 is 0. The molecule has 0 rings (SSSR count). The second-order valence-corrected chi connectivity index (χ2v) is 6.32. The van der Waals surface area contributed by atoms with Crippen LogP contribution in [0, 0.1) is 0 Å². The van der Waals surface area contributed by atoms with Crippen molar-refractivity contribution in [2.45, 2.75) is 110 Å². The highest BCUT2D eigenvalue weighted by Gasteiger charge is 2.03. The molecule has 1 N–H and O–H groups in total. The molecule has 0 aromatic carbocycles. The van der Waals surface area contributed by atoms with Crippen LogP contribution in [0.5, 0.6) is 0 Å². The van der Waals surface area contributed by atoms with Crippen LogP contribution in [-0.4, -0.2) is 24.4 Å². The third kappa shape index (κ3) is 17.9. The van der Waals surface area contributed by atoms with Gasteiger partial charge in [0, 0.05) is 13.2 Å². The molecule has 0 spiro atoms. The number of rotatable bonds is 17. The highest BCUT2D eigenvalue weighted by molar-refractivity contribution is 4.57. The molecule has 0 radical (unpaired) electrons. The van der Waals surface area contributed by atoms with E-state index >= 15 is 0 Å². The molecule has 0 saturated carbocycles. The highest BCUT2D eigenvalue weighted by atomic mass is 16.5. The molecule has 2 nitrogen and oxygen atoms in total. The third-order valence-corrected chi connectivity index (χ3v) is 4.17. The first-order valence-electron chi connectivity index (χ1n) is 9.57. The second-order valence-electron chi connectivity index (χ2n) is 6.32. The monoisotopic (exact) mass is 300 g/mol. The van der Waals surface area contributed by atoms with Crippen LogP contribution < -0.4 is 0 Å². The van der Waals surface area contributed by atoms with Crippen molar-refractivity contribution in [3.63, 3.8) is 0 Å². The van der Waals surface area contributed by atoms with Crippen molar-refractivity contribution >= 4 is 0 Å². The molecule has 1 unspecified atom stereocenters. The predicted molar refractivity (Wildman–Crippen MR) is 92.8 cm³/mol. The van der Waals surface area contributed by atoms with E-state index in [-0.39, 0.29) is 6.10 Å². The van der Waals surface area contributed by atoms with E-state index in [4.69, 9.17) is 4.74 Å². The molecule has 0 aromatic heterocycles. The molecule has 0 amide bonds. The normalized spacial score (nSPS) is 12.7. The second kappa shape index (κ2) is 18.0. The van der Waals surface area contributed by atoms with Gasteiger partial charge < -0.3 is 9.84 Å². The van der Waals surface area contributed by atoms with E-state index in [2.05, 4.69) is 13.8 Å². The minimum Gasteiger partial charge on any atom is -0.393 e. The molecule has 0 aliphatic rings. The summed E-state index contributed by atoms with van der Waals surface area (Å²) in [5, 5.41) is 9.88. The van der Waals surface area contributed by atoms with Gasteiger partial charge in [-0.2, -0.15) is 0 Å². The fourth-order valence-electron chi connectivity index (χ4n) is 2.74. The average molecular weight is 301 g/mol. The topological polar surface area (TPSA) is 29.5 Å². The molecule has 0 bridgehead atoms. The van der Waals surface area contributed by atoms with Crippen molar-refractivity contribution < 1.29 is 9.84 Å². The first kappa shape index (κ1) is 20.9. The minimum absolute atomic E-state index is 0.0413. The van der Waals surface area contributed by atoms with E-state index in [9.17, 15) is 5.11 Å². The van der Waals surface area contributed by atoms with Crippen LogP contribution in [0.15, 0.2) is 0 Å². The number of aliphatic hydroxyl groups excluding tert-OH is 1. The van der Waals surface area contributed by atoms with Crippen LogP contribution in [0.1, 0.15) is 104 Å². The summed E-state index contributed by atoms with van der Waals surface area (Å²) < 4.78 is 5.33. The van der Waals surface area contributed by atoms with Crippen LogP contribution in [-0.2, 0) is 4.74 Å². The summed E-state index contributed by atoms with van der Waals surface area (Å²) in [5.74, 6) is 0. The summed E-state index contributed by atoms with van der Waals surface area (Å²) in [6.45, 7) is 6.08. The van der Waals surface area contributed by atoms with E-state index in [0.29, 0.717) is 0 Å². The van der Waals surface area contributed by atoms with Gasteiger partial charge in [-0.05, 0) is 26.2 Å². The molecule has 128 valence electrons. The first-order valence-corrected chi connectivity index (χ1v) is 9.57. The van der Waals surface area contributed by atoms with E-state index in [0.717, 1.165) is 26.1 Å². The van der Waals surface area contributed by atoms with Crippen LogP contribution in [0.4, 0.5) is 0 Å². The van der Waals surface area contributed by atoms with E-state index < -0.39 is 0 Å². The van der Waals surface area contributed by atoms with Gasteiger partial charge in [0.1, 0.15) is 0 Å². The largest absolute Gasteiger partial charge is 0.393 e. The van der Waals surface area contributed by atoms with Crippen LogP contribution in [0.2, 0.25) is 0 Å². The van der Waals surface area contributed by atoms with Gasteiger partial charge in [-0.15, -0.1) is 0 Å². The Labute approximate surface area is 133 Å². The number of unbranched alkanes of at least 4 members (excludes halogenated alkanes) is 10. The van der Waals surface area contributed by atoms with Crippen molar-refractivity contribution in [2.24, 2.45) is 0 Å². The fourth-order valence-corrected chi connectivity index (χ4v) is 2.74. The van der Waals surface area contributed by atoms with Gasteiger partial charge in [0.2, 0.25) is 0 Å². The zero-order valence-corrected chi connectivity index (χ0v) is 14.7. The lowest BCUT2D eigenvalue weighted by molar-refractivity contribution is 0.143. The molecule has 0 fully saturated rings. The predicted octanol–water partition coefficient (Wildman–Crippen LogP) is 5.87. The van der Waals surface area contributed by atoms with Gasteiger partial charge in [0.15, 0.2) is 0 Å². The van der Waals surface area contributed by atoms with Gasteiger partial charge in [0.25, 0.3) is 0 Å². The Morgan fingerprint density at radius 1 is 0.667 bits per heavy atom. The van der Waals surface area contributed by atoms with Crippen molar-refractivity contribution in [1.29, 1.82) is 0 Å². The lowest BCUT2D eigenvalue weighted by Gasteiger charge is -2.10. The van der Waals surface area contributed by atoms with E-state index in [1.165, 1.54) is 77.0 Å². The van der Waals surface area contributed by atoms with Gasteiger partial charge in [0.05, 0.1) is 6.10 Å². The number of hydrogen-bond acceptors (Lipinski definition) is 2. The molecule has 0 saturated heterocycles. The molecular formula is C19H40O2. The quantitative estimate of drug-likeness (QED) is 0.341. The van der Waals surface area contributed by atoms with Crippen molar-refractivity contribution in [2.75, 3.05) is 13.2 Å². The standard InChI is InChI=1S/C19H40O2/c1-3-5-6-13-16-19(20)17-14-11-9-7-8-10-12-15-18-21-4-2/h19-20H,3-18H2,1-2H3. The Kier molecular flexibility index (Phi) is 17.9. The van der Waals surface area contributed by atoms with Crippen molar-refractivity contribution in [3.8, 4) is 0 Å². The first-order chi connectivity index (χ1) is 10.3.